The van der Waals surface area contributed by atoms with Crippen molar-refractivity contribution in [2.24, 2.45) is 0 Å². The minimum absolute atomic E-state index is 0.155. The van der Waals surface area contributed by atoms with Crippen molar-refractivity contribution in [1.82, 2.24) is 9.97 Å². The van der Waals surface area contributed by atoms with Gasteiger partial charge in [-0.05, 0) is 38.3 Å². The molecule has 2 aromatic rings. The van der Waals surface area contributed by atoms with Crippen LogP contribution in [-0.2, 0) is 9.47 Å². The van der Waals surface area contributed by atoms with Gasteiger partial charge < -0.3 is 19.2 Å². The van der Waals surface area contributed by atoms with Crippen molar-refractivity contribution in [1.29, 1.82) is 0 Å². The van der Waals surface area contributed by atoms with Crippen molar-refractivity contribution in [3.63, 3.8) is 0 Å². The smallest absolute Gasteiger partial charge is 0.217 e. The standard InChI is InChI=1S/C14H18N2O3/c1-10(19-13-4-2-3-9-17-13)18-12-6-5-11-7-8-15-14(11)16-12/h5-8,10,13H,2-4,9H2,1H3,(H,15,16). The summed E-state index contributed by atoms with van der Waals surface area (Å²) in [5, 5.41) is 1.07. The fourth-order valence-electron chi connectivity index (χ4n) is 2.21. The summed E-state index contributed by atoms with van der Waals surface area (Å²) < 4.78 is 16.9. The first-order chi connectivity index (χ1) is 9.31. The van der Waals surface area contributed by atoms with E-state index >= 15 is 0 Å². The minimum Gasteiger partial charge on any atom is -0.448 e. The Morgan fingerprint density at radius 3 is 3.16 bits per heavy atom. The zero-order valence-electron chi connectivity index (χ0n) is 11.0. The van der Waals surface area contributed by atoms with Crippen molar-refractivity contribution in [2.45, 2.75) is 38.8 Å². The summed E-state index contributed by atoms with van der Waals surface area (Å²) in [6.45, 7) is 2.63. The van der Waals surface area contributed by atoms with Crippen LogP contribution in [0.4, 0.5) is 0 Å². The molecule has 3 rings (SSSR count). The van der Waals surface area contributed by atoms with Crippen LogP contribution in [0, 0.1) is 0 Å². The molecule has 0 saturated carbocycles. The van der Waals surface area contributed by atoms with Gasteiger partial charge in [0.05, 0.1) is 0 Å². The number of H-pyrrole nitrogens is 1. The summed E-state index contributed by atoms with van der Waals surface area (Å²) in [4.78, 5) is 7.43. The van der Waals surface area contributed by atoms with Crippen LogP contribution < -0.4 is 4.74 Å². The molecular formula is C14H18N2O3. The molecule has 5 nitrogen and oxygen atoms in total. The third-order valence-electron chi connectivity index (χ3n) is 3.15. The predicted octanol–water partition coefficient (Wildman–Crippen LogP) is 2.83. The normalized spacial score (nSPS) is 21.4. The van der Waals surface area contributed by atoms with Crippen LogP contribution in [0.15, 0.2) is 24.4 Å². The molecule has 1 aliphatic rings. The molecule has 0 aromatic carbocycles. The first-order valence-corrected chi connectivity index (χ1v) is 6.69. The number of nitrogens with zero attached hydrogens (tertiary/aromatic N) is 1. The Labute approximate surface area is 111 Å². The van der Waals surface area contributed by atoms with Gasteiger partial charge in [-0.15, -0.1) is 0 Å². The number of hydrogen-bond acceptors (Lipinski definition) is 4. The van der Waals surface area contributed by atoms with Crippen LogP contribution in [0.3, 0.4) is 0 Å². The third kappa shape index (κ3) is 3.05. The van der Waals surface area contributed by atoms with Crippen molar-refractivity contribution in [2.75, 3.05) is 6.61 Å². The van der Waals surface area contributed by atoms with Gasteiger partial charge in [0, 0.05) is 24.3 Å². The lowest BCUT2D eigenvalue weighted by atomic mass is 10.2. The van der Waals surface area contributed by atoms with Gasteiger partial charge >= 0.3 is 0 Å². The Hall–Kier alpha value is -1.59. The van der Waals surface area contributed by atoms with Gasteiger partial charge in [-0.25, -0.2) is 0 Å². The molecule has 2 atom stereocenters. The minimum atomic E-state index is -0.372. The van der Waals surface area contributed by atoms with Gasteiger partial charge in [-0.2, -0.15) is 4.98 Å². The average Bonchev–Trinajstić information content (AvgIpc) is 2.87. The zero-order chi connectivity index (χ0) is 13.1. The molecule has 0 spiro atoms. The van der Waals surface area contributed by atoms with E-state index in [1.54, 1.807) is 0 Å². The van der Waals surface area contributed by atoms with Gasteiger partial charge in [0.25, 0.3) is 0 Å². The molecule has 2 unspecified atom stereocenters. The van der Waals surface area contributed by atoms with Gasteiger partial charge in [0.2, 0.25) is 12.2 Å². The molecular weight excluding hydrogens is 244 g/mol. The van der Waals surface area contributed by atoms with Gasteiger partial charge in [0.15, 0.2) is 6.29 Å². The fourth-order valence-corrected chi connectivity index (χ4v) is 2.21. The molecule has 0 bridgehead atoms. The molecule has 102 valence electrons. The summed E-state index contributed by atoms with van der Waals surface area (Å²) in [7, 11) is 0. The largest absolute Gasteiger partial charge is 0.448 e. The van der Waals surface area contributed by atoms with Crippen LogP contribution in [0.2, 0.25) is 0 Å². The molecule has 0 aliphatic carbocycles. The molecule has 5 heteroatoms. The summed E-state index contributed by atoms with van der Waals surface area (Å²) in [5.41, 5.74) is 0.818. The van der Waals surface area contributed by atoms with Crippen LogP contribution >= 0.6 is 0 Å². The molecule has 0 amide bonds. The Morgan fingerprint density at radius 2 is 2.32 bits per heavy atom. The van der Waals surface area contributed by atoms with Crippen LogP contribution in [0.5, 0.6) is 5.88 Å². The van der Waals surface area contributed by atoms with Crippen molar-refractivity contribution in [3.8, 4) is 5.88 Å². The van der Waals surface area contributed by atoms with E-state index in [-0.39, 0.29) is 12.6 Å². The topological polar surface area (TPSA) is 56.4 Å². The van der Waals surface area contributed by atoms with Crippen LogP contribution in [-0.4, -0.2) is 29.2 Å². The third-order valence-corrected chi connectivity index (χ3v) is 3.15. The molecule has 19 heavy (non-hydrogen) atoms. The monoisotopic (exact) mass is 262 g/mol. The maximum absolute atomic E-state index is 5.69. The lowest BCUT2D eigenvalue weighted by Crippen LogP contribution is -2.29. The number of hydrogen-bond donors (Lipinski definition) is 1. The highest BCUT2D eigenvalue weighted by atomic mass is 16.8. The highest BCUT2D eigenvalue weighted by Crippen LogP contribution is 2.19. The number of pyridine rings is 1. The fraction of sp³-hybridized carbons (Fsp3) is 0.500. The second-order valence-electron chi connectivity index (χ2n) is 4.68. The number of ether oxygens (including phenoxy) is 3. The zero-order valence-corrected chi connectivity index (χ0v) is 11.0. The van der Waals surface area contributed by atoms with Gasteiger partial charge in [0.1, 0.15) is 5.65 Å². The molecule has 2 aromatic heterocycles. The number of aromatic nitrogens is 2. The lowest BCUT2D eigenvalue weighted by Gasteiger charge is -2.25. The molecule has 0 radical (unpaired) electrons. The number of aromatic amines is 1. The Kier molecular flexibility index (Phi) is 3.66. The van der Waals surface area contributed by atoms with Gasteiger partial charge in [-0.3, -0.25) is 0 Å². The second kappa shape index (κ2) is 5.59. The van der Waals surface area contributed by atoms with E-state index in [4.69, 9.17) is 14.2 Å². The Morgan fingerprint density at radius 1 is 1.37 bits per heavy atom. The Balaban J connectivity index is 1.59. The molecule has 1 fully saturated rings. The maximum Gasteiger partial charge on any atom is 0.217 e. The molecule has 1 aliphatic heterocycles. The first-order valence-electron chi connectivity index (χ1n) is 6.69. The van der Waals surface area contributed by atoms with Crippen molar-refractivity contribution in [3.05, 3.63) is 24.4 Å². The first kappa shape index (κ1) is 12.4. The van der Waals surface area contributed by atoms with Crippen molar-refractivity contribution >= 4 is 11.0 Å². The Bertz CT molecular complexity index is 534. The molecule has 1 saturated heterocycles. The average molecular weight is 262 g/mol. The lowest BCUT2D eigenvalue weighted by molar-refractivity contribution is -0.226. The van der Waals surface area contributed by atoms with E-state index in [1.807, 2.05) is 31.3 Å². The summed E-state index contributed by atoms with van der Waals surface area (Å²) in [6, 6.07) is 5.79. The molecule has 1 N–H and O–H groups in total. The number of fused-ring (bicyclic) bond motifs is 1. The van der Waals surface area contributed by atoms with E-state index in [0.29, 0.717) is 5.88 Å². The van der Waals surface area contributed by atoms with Gasteiger partial charge in [-0.1, -0.05) is 0 Å². The van der Waals surface area contributed by atoms with Crippen LogP contribution in [0.1, 0.15) is 26.2 Å². The van der Waals surface area contributed by atoms with E-state index in [1.165, 1.54) is 0 Å². The summed E-state index contributed by atoms with van der Waals surface area (Å²) >= 11 is 0. The summed E-state index contributed by atoms with van der Waals surface area (Å²) in [5.74, 6) is 0.554. The van der Waals surface area contributed by atoms with E-state index in [2.05, 4.69) is 9.97 Å². The second-order valence-corrected chi connectivity index (χ2v) is 4.68. The van der Waals surface area contributed by atoms with Crippen LogP contribution in [0.25, 0.3) is 11.0 Å². The highest BCUT2D eigenvalue weighted by Gasteiger charge is 2.18. The van der Waals surface area contributed by atoms with E-state index in [0.717, 1.165) is 36.9 Å². The quantitative estimate of drug-likeness (QED) is 0.861. The number of nitrogens with one attached hydrogen (secondary N) is 1. The van der Waals surface area contributed by atoms with Crippen molar-refractivity contribution < 1.29 is 14.2 Å². The SMILES string of the molecule is CC(Oc1ccc2cc[nH]c2n1)OC1CCCCO1. The van der Waals surface area contributed by atoms with E-state index in [9.17, 15) is 0 Å². The molecule has 3 heterocycles. The number of rotatable bonds is 4. The summed E-state index contributed by atoms with van der Waals surface area (Å²) in [6.07, 6.45) is 4.51. The maximum atomic E-state index is 5.69. The predicted molar refractivity (Wildman–Crippen MR) is 70.9 cm³/mol. The van der Waals surface area contributed by atoms with E-state index < -0.39 is 0 Å². The highest BCUT2D eigenvalue weighted by molar-refractivity contribution is 5.75.